The van der Waals surface area contributed by atoms with Crippen LogP contribution in [0, 0.1) is 6.92 Å². The number of phenols is 1. The normalized spacial score (nSPS) is 11.4. The lowest BCUT2D eigenvalue weighted by Crippen LogP contribution is -2.33. The molecule has 0 fully saturated rings. The minimum atomic E-state index is 0.0724. The molecule has 0 heterocycles. The van der Waals surface area contributed by atoms with Gasteiger partial charge in [-0.3, -0.25) is 4.79 Å². The first-order valence-electron chi connectivity index (χ1n) is 6.48. The van der Waals surface area contributed by atoms with E-state index in [1.54, 1.807) is 28.8 Å². The van der Waals surface area contributed by atoms with Crippen molar-refractivity contribution in [2.75, 3.05) is 17.2 Å². The first-order chi connectivity index (χ1) is 8.74. The number of carbonyl (C=O) groups excluding carboxylic acids is 1. The van der Waals surface area contributed by atoms with Crippen LogP contribution in [0.5, 0.6) is 5.75 Å². The lowest BCUT2D eigenvalue weighted by atomic mass is 10.1. The third-order valence-electron chi connectivity index (χ3n) is 2.73. The number of hydrogen-bond acceptors (Lipinski definition) is 3. The van der Waals surface area contributed by atoms with Crippen LogP contribution in [0.1, 0.15) is 33.3 Å². The van der Waals surface area contributed by atoms with E-state index in [1.807, 2.05) is 19.9 Å². The molecule has 0 unspecified atom stereocenters. The van der Waals surface area contributed by atoms with Crippen LogP contribution in [0.4, 0.5) is 5.69 Å². The Balaban J connectivity index is 2.88. The Kier molecular flexibility index (Phi) is 5.29. The van der Waals surface area contributed by atoms with Crippen molar-refractivity contribution in [1.82, 2.24) is 0 Å². The van der Waals surface area contributed by atoms with Gasteiger partial charge in [-0.25, -0.2) is 0 Å². The summed E-state index contributed by atoms with van der Waals surface area (Å²) in [6.07, 6.45) is 0. The van der Waals surface area contributed by atoms with E-state index in [2.05, 4.69) is 20.8 Å². The molecular formula is C15H23NO2S. The molecule has 4 heteroatoms. The average molecular weight is 281 g/mol. The van der Waals surface area contributed by atoms with Crippen LogP contribution in [0.2, 0.25) is 0 Å². The van der Waals surface area contributed by atoms with Crippen LogP contribution in [0.25, 0.3) is 0 Å². The van der Waals surface area contributed by atoms with E-state index in [1.165, 1.54) is 0 Å². The van der Waals surface area contributed by atoms with E-state index in [4.69, 9.17) is 0 Å². The van der Waals surface area contributed by atoms with Crippen LogP contribution in [0.15, 0.2) is 18.2 Å². The Hall–Kier alpha value is -1.16. The van der Waals surface area contributed by atoms with Crippen molar-refractivity contribution in [1.29, 1.82) is 0 Å². The van der Waals surface area contributed by atoms with Gasteiger partial charge < -0.3 is 10.0 Å². The summed E-state index contributed by atoms with van der Waals surface area (Å²) in [5, 5.41) is 9.58. The number of aryl methyl sites for hydroxylation is 1. The van der Waals surface area contributed by atoms with Crippen molar-refractivity contribution in [3.05, 3.63) is 23.8 Å². The second-order valence-corrected chi connectivity index (χ2v) is 7.31. The molecule has 0 aliphatic rings. The maximum atomic E-state index is 12.3. The number of nitrogens with zero attached hydrogens (tertiary/aromatic N) is 1. The second kappa shape index (κ2) is 6.33. The quantitative estimate of drug-likeness (QED) is 0.917. The third kappa shape index (κ3) is 4.78. The molecule has 0 saturated heterocycles. The molecule has 0 aromatic heterocycles. The summed E-state index contributed by atoms with van der Waals surface area (Å²) in [6, 6.07) is 5.12. The molecule has 3 nitrogen and oxygen atoms in total. The molecule has 0 atom stereocenters. The van der Waals surface area contributed by atoms with E-state index in [9.17, 15) is 9.90 Å². The zero-order chi connectivity index (χ0) is 14.6. The fourth-order valence-electron chi connectivity index (χ4n) is 1.73. The van der Waals surface area contributed by atoms with Gasteiger partial charge in [0.25, 0.3) is 0 Å². The monoisotopic (exact) mass is 281 g/mol. The van der Waals surface area contributed by atoms with Crippen LogP contribution < -0.4 is 4.90 Å². The van der Waals surface area contributed by atoms with Crippen LogP contribution in [0.3, 0.4) is 0 Å². The molecule has 19 heavy (non-hydrogen) atoms. The Morgan fingerprint density at radius 1 is 1.37 bits per heavy atom. The van der Waals surface area contributed by atoms with E-state index in [0.29, 0.717) is 12.3 Å². The zero-order valence-corrected chi connectivity index (χ0v) is 13.2. The highest BCUT2D eigenvalue weighted by molar-refractivity contribution is 8.01. The number of phenolic OH excluding ortho intramolecular Hbond substituents is 1. The zero-order valence-electron chi connectivity index (χ0n) is 12.4. The standard InChI is InChI=1S/C15H23NO2S/c1-6-16(14(18)10-19-15(3,4)5)13-9-12(17)8-7-11(13)2/h7-9,17H,6,10H2,1-5H3. The minimum absolute atomic E-state index is 0.0724. The predicted molar refractivity (Wildman–Crippen MR) is 83.1 cm³/mol. The molecule has 1 aromatic carbocycles. The number of rotatable bonds is 4. The first kappa shape index (κ1) is 15.9. The van der Waals surface area contributed by atoms with Gasteiger partial charge in [-0.15, -0.1) is 11.8 Å². The van der Waals surface area contributed by atoms with E-state index >= 15 is 0 Å². The van der Waals surface area contributed by atoms with E-state index in [-0.39, 0.29) is 16.4 Å². The van der Waals surface area contributed by atoms with Crippen molar-refractivity contribution < 1.29 is 9.90 Å². The number of thioether (sulfide) groups is 1. The predicted octanol–water partition coefficient (Wildman–Crippen LogP) is 3.59. The molecule has 106 valence electrons. The molecule has 1 rings (SSSR count). The maximum Gasteiger partial charge on any atom is 0.236 e. The number of anilines is 1. The number of hydrogen-bond donors (Lipinski definition) is 1. The number of carbonyl (C=O) groups is 1. The van der Waals surface area contributed by atoms with Crippen LogP contribution >= 0.6 is 11.8 Å². The topological polar surface area (TPSA) is 40.5 Å². The molecule has 1 amide bonds. The summed E-state index contributed by atoms with van der Waals surface area (Å²) >= 11 is 1.64. The lowest BCUT2D eigenvalue weighted by Gasteiger charge is -2.25. The van der Waals surface area contributed by atoms with Crippen LogP contribution in [-0.4, -0.2) is 28.1 Å². The van der Waals surface area contributed by atoms with Crippen molar-refractivity contribution in [3.8, 4) is 5.75 Å². The van der Waals surface area contributed by atoms with Gasteiger partial charge in [0.15, 0.2) is 0 Å². The number of benzene rings is 1. The smallest absolute Gasteiger partial charge is 0.236 e. The minimum Gasteiger partial charge on any atom is -0.508 e. The van der Waals surface area contributed by atoms with Gasteiger partial charge in [-0.1, -0.05) is 26.8 Å². The maximum absolute atomic E-state index is 12.3. The lowest BCUT2D eigenvalue weighted by molar-refractivity contribution is -0.116. The Labute approximate surface area is 120 Å². The van der Waals surface area contributed by atoms with Gasteiger partial charge in [0.05, 0.1) is 11.4 Å². The summed E-state index contributed by atoms with van der Waals surface area (Å²) in [5.41, 5.74) is 1.79. The van der Waals surface area contributed by atoms with Crippen molar-refractivity contribution >= 4 is 23.4 Å². The van der Waals surface area contributed by atoms with Crippen molar-refractivity contribution in [2.24, 2.45) is 0 Å². The SMILES string of the molecule is CCN(C(=O)CSC(C)(C)C)c1cc(O)ccc1C. The summed E-state index contributed by atoms with van der Waals surface area (Å²) in [4.78, 5) is 14.0. The van der Waals surface area contributed by atoms with Gasteiger partial charge in [-0.05, 0) is 25.5 Å². The molecule has 0 spiro atoms. The summed E-state index contributed by atoms with van der Waals surface area (Å²) in [5.74, 6) is 0.721. The third-order valence-corrected chi connectivity index (χ3v) is 3.99. The van der Waals surface area contributed by atoms with Gasteiger partial charge in [0.2, 0.25) is 5.91 Å². The molecule has 0 saturated carbocycles. The molecule has 0 aliphatic heterocycles. The average Bonchev–Trinajstić information content (AvgIpc) is 2.31. The molecular weight excluding hydrogens is 258 g/mol. The summed E-state index contributed by atoms with van der Waals surface area (Å²) in [6.45, 7) is 10.8. The number of amides is 1. The van der Waals surface area contributed by atoms with Gasteiger partial charge in [0, 0.05) is 17.4 Å². The van der Waals surface area contributed by atoms with Gasteiger partial charge in [-0.2, -0.15) is 0 Å². The Bertz CT molecular complexity index is 452. The largest absolute Gasteiger partial charge is 0.508 e. The fraction of sp³-hybridized carbons (Fsp3) is 0.533. The van der Waals surface area contributed by atoms with E-state index in [0.717, 1.165) is 11.3 Å². The Morgan fingerprint density at radius 2 is 2.00 bits per heavy atom. The number of aromatic hydroxyl groups is 1. The van der Waals surface area contributed by atoms with Crippen molar-refractivity contribution in [3.63, 3.8) is 0 Å². The Morgan fingerprint density at radius 3 is 2.53 bits per heavy atom. The molecule has 0 radical (unpaired) electrons. The fourth-order valence-corrected chi connectivity index (χ4v) is 2.44. The first-order valence-corrected chi connectivity index (χ1v) is 7.47. The molecule has 1 N–H and O–H groups in total. The highest BCUT2D eigenvalue weighted by Gasteiger charge is 2.19. The summed E-state index contributed by atoms with van der Waals surface area (Å²) in [7, 11) is 0. The highest BCUT2D eigenvalue weighted by atomic mass is 32.2. The molecule has 0 aliphatic carbocycles. The highest BCUT2D eigenvalue weighted by Crippen LogP contribution is 2.27. The second-order valence-electron chi connectivity index (χ2n) is 5.51. The van der Waals surface area contributed by atoms with Crippen LogP contribution in [-0.2, 0) is 4.79 Å². The summed E-state index contributed by atoms with van der Waals surface area (Å²) < 4.78 is 0.0724. The van der Waals surface area contributed by atoms with E-state index < -0.39 is 0 Å². The molecule has 0 bridgehead atoms. The van der Waals surface area contributed by atoms with Gasteiger partial charge >= 0.3 is 0 Å². The van der Waals surface area contributed by atoms with Gasteiger partial charge in [0.1, 0.15) is 5.75 Å². The molecule has 1 aromatic rings. The van der Waals surface area contributed by atoms with Crippen molar-refractivity contribution in [2.45, 2.75) is 39.4 Å².